The fraction of sp³-hybridized carbons (Fsp3) is 0.500. The molecule has 10 heteroatoms. The number of aromatic nitrogens is 2. The standard InChI is InChI=1S/C36H46N4O6/c1-25(2)45-35(41)31-11-5-17-37-33(31)43-23-29-9-7-19-39(29)21-27-13-15-28(16-14-27)22-40-20-8-10-30(40)24-44-34-32(12-6-18-38-34)36(42)46-26(3)4/h5-6,11-18,25-26,29-30H,7-10,19-24H2,1-4H3. The van der Waals surface area contributed by atoms with Crippen LogP contribution in [0.25, 0.3) is 0 Å². The van der Waals surface area contributed by atoms with Crippen LogP contribution in [0.2, 0.25) is 0 Å². The highest BCUT2D eigenvalue weighted by Gasteiger charge is 2.28. The van der Waals surface area contributed by atoms with Crippen LogP contribution in [0, 0.1) is 0 Å². The Morgan fingerprint density at radius 1 is 0.696 bits per heavy atom. The minimum absolute atomic E-state index is 0.211. The lowest BCUT2D eigenvalue weighted by atomic mass is 10.1. The van der Waals surface area contributed by atoms with Gasteiger partial charge in [-0.2, -0.15) is 0 Å². The number of rotatable bonds is 14. The van der Waals surface area contributed by atoms with Gasteiger partial charge in [0.2, 0.25) is 11.8 Å². The molecule has 0 saturated carbocycles. The number of carbonyl (C=O) groups is 2. The van der Waals surface area contributed by atoms with Gasteiger partial charge < -0.3 is 18.9 Å². The van der Waals surface area contributed by atoms with Crippen LogP contribution in [0.3, 0.4) is 0 Å². The van der Waals surface area contributed by atoms with E-state index in [1.807, 2.05) is 27.7 Å². The van der Waals surface area contributed by atoms with E-state index < -0.39 is 11.9 Å². The normalized spacial score (nSPS) is 18.7. The number of likely N-dealkylation sites (tertiary alicyclic amines) is 2. The molecule has 0 N–H and O–H groups in total. The number of hydrogen-bond acceptors (Lipinski definition) is 10. The molecular formula is C36H46N4O6. The van der Waals surface area contributed by atoms with E-state index in [0.717, 1.165) is 51.9 Å². The average molecular weight is 631 g/mol. The highest BCUT2D eigenvalue weighted by molar-refractivity contribution is 5.92. The summed E-state index contributed by atoms with van der Waals surface area (Å²) < 4.78 is 22.9. The first kappa shape index (κ1) is 33.3. The molecule has 2 unspecified atom stereocenters. The first-order chi connectivity index (χ1) is 22.3. The van der Waals surface area contributed by atoms with Gasteiger partial charge in [-0.15, -0.1) is 0 Å². The zero-order valence-corrected chi connectivity index (χ0v) is 27.4. The van der Waals surface area contributed by atoms with Crippen molar-refractivity contribution in [3.63, 3.8) is 0 Å². The number of benzene rings is 1. The van der Waals surface area contributed by atoms with Gasteiger partial charge in [-0.25, -0.2) is 19.6 Å². The minimum atomic E-state index is -0.416. The Balaban J connectivity index is 1.12. The minimum Gasteiger partial charge on any atom is -0.475 e. The average Bonchev–Trinajstić information content (AvgIpc) is 3.68. The lowest BCUT2D eigenvalue weighted by Gasteiger charge is -2.26. The monoisotopic (exact) mass is 630 g/mol. The van der Waals surface area contributed by atoms with Crippen LogP contribution in [-0.4, -0.2) is 82.3 Å². The molecule has 0 radical (unpaired) electrons. The Morgan fingerprint density at radius 2 is 1.11 bits per heavy atom. The van der Waals surface area contributed by atoms with Crippen molar-refractivity contribution in [3.8, 4) is 11.8 Å². The summed E-state index contributed by atoms with van der Waals surface area (Å²) >= 11 is 0. The van der Waals surface area contributed by atoms with Crippen molar-refractivity contribution in [1.29, 1.82) is 0 Å². The van der Waals surface area contributed by atoms with Gasteiger partial charge in [0, 0.05) is 37.6 Å². The summed E-state index contributed by atoms with van der Waals surface area (Å²) in [5, 5.41) is 0. The second-order valence-corrected chi connectivity index (χ2v) is 12.6. The van der Waals surface area contributed by atoms with E-state index in [0.29, 0.717) is 36.1 Å². The van der Waals surface area contributed by atoms with E-state index in [-0.39, 0.29) is 24.3 Å². The van der Waals surface area contributed by atoms with Crippen molar-refractivity contribution in [2.45, 2.75) is 90.8 Å². The highest BCUT2D eigenvalue weighted by Crippen LogP contribution is 2.25. The van der Waals surface area contributed by atoms with Crippen LogP contribution < -0.4 is 9.47 Å². The molecule has 1 aromatic carbocycles. The van der Waals surface area contributed by atoms with Crippen LogP contribution in [0.5, 0.6) is 11.8 Å². The molecule has 2 aliphatic rings. The van der Waals surface area contributed by atoms with Gasteiger partial charge in [0.1, 0.15) is 24.3 Å². The lowest BCUT2D eigenvalue weighted by molar-refractivity contribution is 0.0359. The summed E-state index contributed by atoms with van der Waals surface area (Å²) in [6.45, 7) is 11.9. The quantitative estimate of drug-likeness (QED) is 0.206. The molecule has 0 spiro atoms. The molecule has 0 amide bonds. The van der Waals surface area contributed by atoms with E-state index in [2.05, 4.69) is 44.0 Å². The molecule has 246 valence electrons. The van der Waals surface area contributed by atoms with Crippen molar-refractivity contribution >= 4 is 11.9 Å². The van der Waals surface area contributed by atoms with Crippen LogP contribution >= 0.6 is 0 Å². The predicted molar refractivity (Wildman–Crippen MR) is 174 cm³/mol. The van der Waals surface area contributed by atoms with Crippen molar-refractivity contribution < 1.29 is 28.5 Å². The van der Waals surface area contributed by atoms with Crippen molar-refractivity contribution in [1.82, 2.24) is 19.8 Å². The van der Waals surface area contributed by atoms with Crippen molar-refractivity contribution in [2.24, 2.45) is 0 Å². The van der Waals surface area contributed by atoms with Crippen LogP contribution in [0.4, 0.5) is 0 Å². The van der Waals surface area contributed by atoms with Gasteiger partial charge in [0.05, 0.1) is 12.2 Å². The highest BCUT2D eigenvalue weighted by atomic mass is 16.6. The largest absolute Gasteiger partial charge is 0.475 e. The number of pyridine rings is 2. The smallest absolute Gasteiger partial charge is 0.343 e. The molecule has 2 aromatic heterocycles. The zero-order valence-electron chi connectivity index (χ0n) is 27.4. The van der Waals surface area contributed by atoms with Crippen molar-refractivity contribution in [2.75, 3.05) is 26.3 Å². The molecule has 0 bridgehead atoms. The van der Waals surface area contributed by atoms with Crippen LogP contribution in [-0.2, 0) is 22.6 Å². The van der Waals surface area contributed by atoms with Gasteiger partial charge in [0.25, 0.3) is 0 Å². The summed E-state index contributed by atoms with van der Waals surface area (Å²) in [6, 6.07) is 16.2. The van der Waals surface area contributed by atoms with Gasteiger partial charge in [-0.05, 0) is 102 Å². The maximum atomic E-state index is 12.5. The number of carbonyl (C=O) groups excluding carboxylic acids is 2. The first-order valence-electron chi connectivity index (χ1n) is 16.4. The number of ether oxygens (including phenoxy) is 4. The SMILES string of the molecule is CC(C)OC(=O)c1cccnc1OCC1CCCN1Cc1ccc(CN2CCCC2COc2ncccc2C(=O)OC(C)C)cc1. The zero-order chi connectivity index (χ0) is 32.5. The summed E-state index contributed by atoms with van der Waals surface area (Å²) in [6.07, 6.45) is 7.13. The molecule has 2 aliphatic heterocycles. The second kappa shape index (κ2) is 16.0. The fourth-order valence-electron chi connectivity index (χ4n) is 6.03. The third-order valence-corrected chi connectivity index (χ3v) is 8.28. The molecule has 46 heavy (non-hydrogen) atoms. The predicted octanol–water partition coefficient (Wildman–Crippen LogP) is 5.69. The van der Waals surface area contributed by atoms with Crippen LogP contribution in [0.1, 0.15) is 85.2 Å². The van der Waals surface area contributed by atoms with E-state index in [1.54, 1.807) is 36.7 Å². The summed E-state index contributed by atoms with van der Waals surface area (Å²) in [5.41, 5.74) is 3.23. The maximum Gasteiger partial charge on any atom is 0.343 e. The van der Waals surface area contributed by atoms with Crippen LogP contribution in [0.15, 0.2) is 60.9 Å². The molecule has 10 nitrogen and oxygen atoms in total. The Kier molecular flexibility index (Phi) is 11.6. The molecule has 3 aromatic rings. The molecule has 2 fully saturated rings. The molecule has 2 atom stereocenters. The second-order valence-electron chi connectivity index (χ2n) is 12.6. The number of hydrogen-bond donors (Lipinski definition) is 0. The molecule has 2 saturated heterocycles. The van der Waals surface area contributed by atoms with Gasteiger partial charge in [-0.3, -0.25) is 9.80 Å². The Hall–Kier alpha value is -4.02. The van der Waals surface area contributed by atoms with E-state index in [1.165, 1.54) is 11.1 Å². The Morgan fingerprint density at radius 3 is 1.50 bits per heavy atom. The third kappa shape index (κ3) is 9.04. The fourth-order valence-corrected chi connectivity index (χ4v) is 6.03. The maximum absolute atomic E-state index is 12.5. The van der Waals surface area contributed by atoms with Gasteiger partial charge in [0.15, 0.2) is 0 Å². The number of nitrogens with zero attached hydrogens (tertiary/aromatic N) is 4. The van der Waals surface area contributed by atoms with E-state index >= 15 is 0 Å². The van der Waals surface area contributed by atoms with Crippen molar-refractivity contribution in [3.05, 3.63) is 83.2 Å². The van der Waals surface area contributed by atoms with E-state index in [4.69, 9.17) is 18.9 Å². The topological polar surface area (TPSA) is 103 Å². The van der Waals surface area contributed by atoms with Gasteiger partial charge >= 0.3 is 11.9 Å². The van der Waals surface area contributed by atoms with E-state index in [9.17, 15) is 9.59 Å². The third-order valence-electron chi connectivity index (χ3n) is 8.28. The summed E-state index contributed by atoms with van der Waals surface area (Å²) in [7, 11) is 0. The number of esters is 2. The summed E-state index contributed by atoms with van der Waals surface area (Å²) in [5.74, 6) is -0.186. The Bertz CT molecular complexity index is 1340. The summed E-state index contributed by atoms with van der Waals surface area (Å²) in [4.78, 5) is 38.5. The molecule has 4 heterocycles. The van der Waals surface area contributed by atoms with Gasteiger partial charge in [-0.1, -0.05) is 24.3 Å². The first-order valence-corrected chi connectivity index (χ1v) is 16.4. The molecular weight excluding hydrogens is 584 g/mol. The lowest BCUT2D eigenvalue weighted by Crippen LogP contribution is -2.34. The molecule has 0 aliphatic carbocycles. The molecule has 5 rings (SSSR count). The Labute approximate surface area is 272 Å².